The topological polar surface area (TPSA) is 68.5 Å². The van der Waals surface area contributed by atoms with Gasteiger partial charge in [-0.15, -0.1) is 0 Å². The number of furan rings is 1. The maximum atomic E-state index is 12.0. The Labute approximate surface area is 123 Å². The number of ether oxygens (including phenoxy) is 1. The highest BCUT2D eigenvalue weighted by Gasteiger charge is 2.18. The number of carbonyl (C=O) groups excluding carboxylic acids is 2. The second-order valence-corrected chi connectivity index (χ2v) is 5.13. The lowest BCUT2D eigenvalue weighted by molar-refractivity contribution is -0.144. The van der Waals surface area contributed by atoms with Crippen molar-refractivity contribution in [3.63, 3.8) is 0 Å². The zero-order valence-electron chi connectivity index (χ0n) is 12.6. The second-order valence-electron chi connectivity index (χ2n) is 5.13. The molecule has 0 bridgehead atoms. The van der Waals surface area contributed by atoms with E-state index in [4.69, 9.17) is 4.42 Å². The van der Waals surface area contributed by atoms with Gasteiger partial charge in [0.15, 0.2) is 0 Å². The molecule has 1 heterocycles. The van der Waals surface area contributed by atoms with Crippen LogP contribution in [0.4, 0.5) is 0 Å². The Kier molecular flexibility index (Phi) is 4.31. The molecule has 1 aromatic heterocycles. The fourth-order valence-corrected chi connectivity index (χ4v) is 2.23. The summed E-state index contributed by atoms with van der Waals surface area (Å²) in [5, 5.41) is 3.53. The Hall–Kier alpha value is -2.30. The molecule has 0 saturated heterocycles. The van der Waals surface area contributed by atoms with E-state index in [0.717, 1.165) is 27.7 Å². The van der Waals surface area contributed by atoms with Crippen LogP contribution >= 0.6 is 0 Å². The van der Waals surface area contributed by atoms with Gasteiger partial charge in [0.05, 0.1) is 19.8 Å². The molecular formula is C16H19NO4. The minimum Gasteiger partial charge on any atom is -0.467 e. The molecule has 0 spiro atoms. The van der Waals surface area contributed by atoms with E-state index < -0.39 is 12.0 Å². The fraction of sp³-hybridized carbons (Fsp3) is 0.375. The van der Waals surface area contributed by atoms with Crippen LogP contribution in [0.3, 0.4) is 0 Å². The first kappa shape index (κ1) is 15.1. The van der Waals surface area contributed by atoms with E-state index >= 15 is 0 Å². The lowest BCUT2D eigenvalue weighted by Crippen LogP contribution is -2.39. The molecule has 0 radical (unpaired) electrons. The van der Waals surface area contributed by atoms with E-state index in [2.05, 4.69) is 10.1 Å². The molecule has 2 aromatic rings. The average molecular weight is 289 g/mol. The Bertz CT molecular complexity index is 687. The Morgan fingerprint density at radius 3 is 2.71 bits per heavy atom. The summed E-state index contributed by atoms with van der Waals surface area (Å²) in [4.78, 5) is 23.3. The molecule has 1 atom stereocenters. The molecule has 5 heteroatoms. The number of amides is 1. The van der Waals surface area contributed by atoms with Crippen molar-refractivity contribution in [2.75, 3.05) is 7.11 Å². The van der Waals surface area contributed by atoms with Crippen molar-refractivity contribution in [3.05, 3.63) is 35.1 Å². The van der Waals surface area contributed by atoms with Crippen LogP contribution in [-0.2, 0) is 20.7 Å². The van der Waals surface area contributed by atoms with Crippen LogP contribution in [0.25, 0.3) is 11.0 Å². The van der Waals surface area contributed by atoms with Gasteiger partial charge in [-0.1, -0.05) is 12.1 Å². The van der Waals surface area contributed by atoms with Crippen LogP contribution in [0.1, 0.15) is 23.6 Å². The van der Waals surface area contributed by atoms with Gasteiger partial charge in [-0.3, -0.25) is 4.79 Å². The highest BCUT2D eigenvalue weighted by atomic mass is 16.5. The lowest BCUT2D eigenvalue weighted by Gasteiger charge is -2.11. The molecule has 1 aromatic carbocycles. The van der Waals surface area contributed by atoms with Crippen molar-refractivity contribution in [3.8, 4) is 0 Å². The van der Waals surface area contributed by atoms with Crippen LogP contribution in [0.15, 0.2) is 22.8 Å². The summed E-state index contributed by atoms with van der Waals surface area (Å²) in [5.74, 6) is -0.708. The van der Waals surface area contributed by atoms with Crippen LogP contribution in [0, 0.1) is 13.8 Å². The van der Waals surface area contributed by atoms with Crippen LogP contribution in [-0.4, -0.2) is 25.0 Å². The minimum absolute atomic E-state index is 0.164. The Morgan fingerprint density at radius 2 is 2.05 bits per heavy atom. The summed E-state index contributed by atoms with van der Waals surface area (Å²) in [6.45, 7) is 5.59. The van der Waals surface area contributed by atoms with Crippen LogP contribution in [0.5, 0.6) is 0 Å². The fourth-order valence-electron chi connectivity index (χ4n) is 2.23. The lowest BCUT2D eigenvalue weighted by atomic mass is 10.0. The highest BCUT2D eigenvalue weighted by molar-refractivity contribution is 5.91. The van der Waals surface area contributed by atoms with E-state index in [1.807, 2.05) is 26.0 Å². The number of methoxy groups -OCH3 is 1. The molecule has 0 unspecified atom stereocenters. The number of hydrogen-bond donors (Lipinski definition) is 1. The molecule has 0 aliphatic carbocycles. The van der Waals surface area contributed by atoms with Gasteiger partial charge in [0.25, 0.3) is 0 Å². The molecule has 2 rings (SSSR count). The van der Waals surface area contributed by atoms with Gasteiger partial charge in [-0.2, -0.15) is 0 Å². The smallest absolute Gasteiger partial charge is 0.328 e. The normalized spacial score (nSPS) is 12.2. The van der Waals surface area contributed by atoms with Crippen molar-refractivity contribution in [1.29, 1.82) is 0 Å². The third kappa shape index (κ3) is 3.07. The summed E-state index contributed by atoms with van der Waals surface area (Å²) in [6.07, 6.45) is 1.76. The summed E-state index contributed by atoms with van der Waals surface area (Å²) in [7, 11) is 1.29. The molecule has 1 amide bonds. The Morgan fingerprint density at radius 1 is 1.33 bits per heavy atom. The number of hydrogen-bond acceptors (Lipinski definition) is 4. The van der Waals surface area contributed by atoms with Gasteiger partial charge in [0.2, 0.25) is 5.91 Å². The number of benzene rings is 1. The van der Waals surface area contributed by atoms with Crippen molar-refractivity contribution < 1.29 is 18.7 Å². The average Bonchev–Trinajstić information content (AvgIpc) is 2.85. The third-order valence-electron chi connectivity index (χ3n) is 3.62. The number of rotatable bonds is 4. The van der Waals surface area contributed by atoms with E-state index in [-0.39, 0.29) is 12.3 Å². The van der Waals surface area contributed by atoms with E-state index in [1.54, 1.807) is 13.2 Å². The van der Waals surface area contributed by atoms with E-state index in [9.17, 15) is 9.59 Å². The maximum absolute atomic E-state index is 12.0. The van der Waals surface area contributed by atoms with Crippen molar-refractivity contribution in [1.82, 2.24) is 5.32 Å². The molecule has 1 N–H and O–H groups in total. The van der Waals surface area contributed by atoms with Gasteiger partial charge in [0, 0.05) is 10.9 Å². The van der Waals surface area contributed by atoms with E-state index in [1.165, 1.54) is 7.11 Å². The van der Waals surface area contributed by atoms with Crippen molar-refractivity contribution >= 4 is 22.8 Å². The van der Waals surface area contributed by atoms with Gasteiger partial charge in [-0.25, -0.2) is 4.79 Å². The number of esters is 1. The van der Waals surface area contributed by atoms with Gasteiger partial charge < -0.3 is 14.5 Å². The summed E-state index contributed by atoms with van der Waals surface area (Å²) in [5.41, 5.74) is 3.83. The number of fused-ring (bicyclic) bond motifs is 1. The summed E-state index contributed by atoms with van der Waals surface area (Å²) >= 11 is 0. The third-order valence-corrected chi connectivity index (χ3v) is 3.62. The molecule has 0 aliphatic rings. The standard InChI is InChI=1S/C16H19NO4/c1-9-5-6-13-12(8-21-15(13)10(9)2)7-14(18)17-11(3)16(19)20-4/h5-6,8,11H,7H2,1-4H3,(H,17,18)/t11-/m1/s1. The van der Waals surface area contributed by atoms with Crippen molar-refractivity contribution in [2.45, 2.75) is 33.2 Å². The van der Waals surface area contributed by atoms with Crippen LogP contribution < -0.4 is 5.32 Å². The quantitative estimate of drug-likeness (QED) is 0.877. The molecule has 112 valence electrons. The highest BCUT2D eigenvalue weighted by Crippen LogP contribution is 2.26. The first-order valence-electron chi connectivity index (χ1n) is 6.77. The Balaban J connectivity index is 2.15. The zero-order chi connectivity index (χ0) is 15.6. The first-order valence-corrected chi connectivity index (χ1v) is 6.77. The summed E-state index contributed by atoms with van der Waals surface area (Å²) in [6, 6.07) is 3.30. The van der Waals surface area contributed by atoms with E-state index in [0.29, 0.717) is 0 Å². The van der Waals surface area contributed by atoms with Gasteiger partial charge in [-0.05, 0) is 31.9 Å². The van der Waals surface area contributed by atoms with Crippen molar-refractivity contribution in [2.24, 2.45) is 0 Å². The molecule has 5 nitrogen and oxygen atoms in total. The van der Waals surface area contributed by atoms with Crippen LogP contribution in [0.2, 0.25) is 0 Å². The minimum atomic E-state index is -0.662. The number of nitrogens with one attached hydrogen (secondary N) is 1. The largest absolute Gasteiger partial charge is 0.467 e. The monoisotopic (exact) mass is 289 g/mol. The maximum Gasteiger partial charge on any atom is 0.328 e. The zero-order valence-corrected chi connectivity index (χ0v) is 12.6. The first-order chi connectivity index (χ1) is 9.93. The predicted molar refractivity (Wildman–Crippen MR) is 79.0 cm³/mol. The molecule has 21 heavy (non-hydrogen) atoms. The molecular weight excluding hydrogens is 270 g/mol. The van der Waals surface area contributed by atoms with Gasteiger partial charge >= 0.3 is 5.97 Å². The summed E-state index contributed by atoms with van der Waals surface area (Å²) < 4.78 is 10.1. The molecule has 0 aliphatic heterocycles. The molecule has 0 fully saturated rings. The predicted octanol–water partition coefficient (Wildman–Crippen LogP) is 2.27. The number of carbonyl (C=O) groups is 2. The SMILES string of the molecule is COC(=O)[C@@H](C)NC(=O)Cc1coc2c(C)c(C)ccc12. The second kappa shape index (κ2) is 5.99. The molecule has 0 saturated carbocycles. The number of aryl methyl sites for hydroxylation is 2. The van der Waals surface area contributed by atoms with Gasteiger partial charge in [0.1, 0.15) is 11.6 Å².